The molecule has 0 aromatic heterocycles. The summed E-state index contributed by atoms with van der Waals surface area (Å²) >= 11 is 5.94. The summed E-state index contributed by atoms with van der Waals surface area (Å²) in [5, 5.41) is 0.684. The fraction of sp³-hybridized carbons (Fsp3) is 0.520. The summed E-state index contributed by atoms with van der Waals surface area (Å²) in [6, 6.07) is 15.3. The number of sulfonamides is 1. The molecule has 7 heteroatoms. The summed E-state index contributed by atoms with van der Waals surface area (Å²) in [6.07, 6.45) is 7.40. The molecule has 2 heterocycles. The van der Waals surface area contributed by atoms with Gasteiger partial charge < -0.3 is 9.80 Å². The maximum atomic E-state index is 12.6. The van der Waals surface area contributed by atoms with E-state index in [1.165, 1.54) is 45.2 Å². The molecule has 2 aromatic rings. The van der Waals surface area contributed by atoms with Crippen LogP contribution < -0.4 is 4.72 Å². The number of benzene rings is 2. The van der Waals surface area contributed by atoms with Gasteiger partial charge in [-0.3, -0.25) is 0 Å². The highest BCUT2D eigenvalue weighted by Crippen LogP contribution is 2.23. The second-order valence-electron chi connectivity index (χ2n) is 8.95. The van der Waals surface area contributed by atoms with Gasteiger partial charge in [-0.15, -0.1) is 0 Å². The van der Waals surface area contributed by atoms with Crippen molar-refractivity contribution in [3.8, 4) is 11.1 Å². The Morgan fingerprint density at radius 2 is 1.44 bits per heavy atom. The van der Waals surface area contributed by atoms with Gasteiger partial charge >= 0.3 is 0 Å². The highest BCUT2D eigenvalue weighted by molar-refractivity contribution is 7.89. The average Bonchev–Trinajstić information content (AvgIpc) is 2.83. The van der Waals surface area contributed by atoms with Gasteiger partial charge in [-0.1, -0.05) is 42.3 Å². The van der Waals surface area contributed by atoms with Gasteiger partial charge in [0.25, 0.3) is 0 Å². The minimum Gasteiger partial charge on any atom is -0.303 e. The Hall–Kier alpha value is -1.44. The molecule has 0 saturated carbocycles. The molecule has 174 valence electrons. The van der Waals surface area contributed by atoms with Crippen molar-refractivity contribution in [2.75, 3.05) is 39.3 Å². The lowest BCUT2D eigenvalue weighted by atomic mass is 10.00. The Labute approximate surface area is 197 Å². The van der Waals surface area contributed by atoms with Crippen molar-refractivity contribution in [1.29, 1.82) is 0 Å². The first-order chi connectivity index (χ1) is 15.5. The molecule has 0 bridgehead atoms. The van der Waals surface area contributed by atoms with Crippen LogP contribution in [-0.2, 0) is 10.0 Å². The number of hydrogen-bond donors (Lipinski definition) is 1. The fourth-order valence-electron chi connectivity index (χ4n) is 4.85. The van der Waals surface area contributed by atoms with Crippen molar-refractivity contribution in [2.45, 2.75) is 49.5 Å². The molecule has 0 aliphatic carbocycles. The lowest BCUT2D eigenvalue weighted by molar-refractivity contribution is 0.0923. The van der Waals surface area contributed by atoms with E-state index in [1.54, 1.807) is 12.1 Å². The third-order valence-electron chi connectivity index (χ3n) is 6.75. The molecule has 2 aliphatic rings. The van der Waals surface area contributed by atoms with E-state index in [1.807, 2.05) is 36.4 Å². The van der Waals surface area contributed by atoms with E-state index in [9.17, 15) is 8.42 Å². The molecule has 0 amide bonds. The summed E-state index contributed by atoms with van der Waals surface area (Å²) in [5.74, 6) is 0. The minimum absolute atomic E-state index is 0.303. The molecule has 2 aromatic carbocycles. The van der Waals surface area contributed by atoms with Gasteiger partial charge in [0, 0.05) is 17.6 Å². The first kappa shape index (κ1) is 23.7. The van der Waals surface area contributed by atoms with Gasteiger partial charge in [-0.25, -0.2) is 13.1 Å². The second kappa shape index (κ2) is 11.1. The monoisotopic (exact) mass is 475 g/mol. The summed E-state index contributed by atoms with van der Waals surface area (Å²) in [7, 11) is -3.49. The lowest BCUT2D eigenvalue weighted by Gasteiger charge is -2.40. The van der Waals surface area contributed by atoms with Gasteiger partial charge in [0.15, 0.2) is 0 Å². The van der Waals surface area contributed by atoms with Crippen LogP contribution in [-0.4, -0.2) is 63.5 Å². The molecule has 5 nitrogen and oxygen atoms in total. The second-order valence-corrected chi connectivity index (χ2v) is 11.2. The van der Waals surface area contributed by atoms with Crippen LogP contribution in [0.3, 0.4) is 0 Å². The molecule has 0 radical (unpaired) electrons. The van der Waals surface area contributed by atoms with Crippen LogP contribution in [0.1, 0.15) is 38.5 Å². The number of likely N-dealkylation sites (tertiary alicyclic amines) is 2. The number of halogens is 1. The predicted octanol–water partition coefficient (Wildman–Crippen LogP) is 4.63. The Bertz CT molecular complexity index is 950. The number of piperidine rings is 2. The van der Waals surface area contributed by atoms with Crippen LogP contribution in [0, 0.1) is 0 Å². The van der Waals surface area contributed by atoms with Crippen LogP contribution >= 0.6 is 11.6 Å². The quantitative estimate of drug-likeness (QED) is 0.566. The van der Waals surface area contributed by atoms with Gasteiger partial charge in [-0.2, -0.15) is 0 Å². The Balaban J connectivity index is 1.20. The zero-order valence-corrected chi connectivity index (χ0v) is 20.3. The molecular weight excluding hydrogens is 442 g/mol. The van der Waals surface area contributed by atoms with E-state index in [0.717, 1.165) is 43.2 Å². The first-order valence-corrected chi connectivity index (χ1v) is 13.7. The number of rotatable bonds is 8. The smallest absolute Gasteiger partial charge is 0.240 e. The number of hydrogen-bond acceptors (Lipinski definition) is 4. The number of nitrogens with one attached hydrogen (secondary N) is 1. The standard InChI is InChI=1S/C25H34ClN3O2S/c26-23-9-5-21(6-10-23)22-7-11-25(12-8-22)32(30,31)27-15-4-16-28-19-13-24(14-20-28)29-17-2-1-3-18-29/h5-12,24,27H,1-4,13-20H2. The molecule has 0 spiro atoms. The molecule has 4 rings (SSSR count). The van der Waals surface area contributed by atoms with E-state index < -0.39 is 10.0 Å². The molecule has 2 fully saturated rings. The van der Waals surface area contributed by atoms with E-state index in [4.69, 9.17) is 11.6 Å². The van der Waals surface area contributed by atoms with Crippen molar-refractivity contribution in [3.63, 3.8) is 0 Å². The van der Waals surface area contributed by atoms with E-state index in [2.05, 4.69) is 14.5 Å². The maximum absolute atomic E-state index is 12.6. The molecule has 0 unspecified atom stereocenters. The van der Waals surface area contributed by atoms with Crippen molar-refractivity contribution < 1.29 is 8.42 Å². The molecule has 0 atom stereocenters. The van der Waals surface area contributed by atoms with Crippen molar-refractivity contribution in [3.05, 3.63) is 53.6 Å². The third kappa shape index (κ3) is 6.33. The van der Waals surface area contributed by atoms with E-state index in [-0.39, 0.29) is 0 Å². The molecular formula is C25H34ClN3O2S. The minimum atomic E-state index is -3.49. The summed E-state index contributed by atoms with van der Waals surface area (Å²) in [6.45, 7) is 6.21. The van der Waals surface area contributed by atoms with Crippen molar-refractivity contribution in [1.82, 2.24) is 14.5 Å². The highest BCUT2D eigenvalue weighted by Gasteiger charge is 2.25. The normalized spacial score (nSPS) is 19.3. The zero-order valence-electron chi connectivity index (χ0n) is 18.7. The van der Waals surface area contributed by atoms with Crippen LogP contribution in [0.4, 0.5) is 0 Å². The molecule has 32 heavy (non-hydrogen) atoms. The van der Waals surface area contributed by atoms with E-state index >= 15 is 0 Å². The van der Waals surface area contributed by atoms with Crippen molar-refractivity contribution in [2.24, 2.45) is 0 Å². The van der Waals surface area contributed by atoms with Gasteiger partial charge in [0.2, 0.25) is 10.0 Å². The molecule has 2 saturated heterocycles. The average molecular weight is 476 g/mol. The molecule has 2 aliphatic heterocycles. The fourth-order valence-corrected chi connectivity index (χ4v) is 6.05. The van der Waals surface area contributed by atoms with Crippen LogP contribution in [0.25, 0.3) is 11.1 Å². The van der Waals surface area contributed by atoms with E-state index in [0.29, 0.717) is 16.5 Å². The van der Waals surface area contributed by atoms with Crippen LogP contribution in [0.15, 0.2) is 53.4 Å². The topological polar surface area (TPSA) is 52.7 Å². The van der Waals surface area contributed by atoms with Crippen molar-refractivity contribution >= 4 is 21.6 Å². The van der Waals surface area contributed by atoms with Gasteiger partial charge in [0.1, 0.15) is 0 Å². The maximum Gasteiger partial charge on any atom is 0.240 e. The Morgan fingerprint density at radius 3 is 2.06 bits per heavy atom. The largest absolute Gasteiger partial charge is 0.303 e. The summed E-state index contributed by atoms with van der Waals surface area (Å²) in [4.78, 5) is 5.47. The predicted molar refractivity (Wildman–Crippen MR) is 132 cm³/mol. The SMILES string of the molecule is O=S(=O)(NCCCN1CCC(N2CCCCC2)CC1)c1ccc(-c2ccc(Cl)cc2)cc1. The Kier molecular flexibility index (Phi) is 8.24. The molecule has 1 N–H and O–H groups in total. The van der Waals surface area contributed by atoms with Crippen LogP contribution in [0.5, 0.6) is 0 Å². The summed E-state index contributed by atoms with van der Waals surface area (Å²) in [5.41, 5.74) is 1.98. The zero-order chi connectivity index (χ0) is 22.4. The van der Waals surface area contributed by atoms with Gasteiger partial charge in [-0.05, 0) is 100 Å². The summed E-state index contributed by atoms with van der Waals surface area (Å²) < 4.78 is 28.1. The lowest BCUT2D eigenvalue weighted by Crippen LogP contribution is -2.47. The van der Waals surface area contributed by atoms with Crippen LogP contribution in [0.2, 0.25) is 5.02 Å². The highest BCUT2D eigenvalue weighted by atomic mass is 35.5. The van der Waals surface area contributed by atoms with Gasteiger partial charge in [0.05, 0.1) is 4.90 Å². The Morgan fingerprint density at radius 1 is 0.844 bits per heavy atom. The number of nitrogens with zero attached hydrogens (tertiary/aromatic N) is 2. The third-order valence-corrected chi connectivity index (χ3v) is 8.48. The first-order valence-electron chi connectivity index (χ1n) is 11.8.